The summed E-state index contributed by atoms with van der Waals surface area (Å²) in [6.45, 7) is 0.00858. The molecule has 0 aliphatic heterocycles. The molecular formula is C10H12F3NO3S. The van der Waals surface area contributed by atoms with Gasteiger partial charge in [0.1, 0.15) is 17.2 Å². The van der Waals surface area contributed by atoms with Gasteiger partial charge in [-0.25, -0.2) is 13.1 Å². The Morgan fingerprint density at radius 3 is 2.44 bits per heavy atom. The van der Waals surface area contributed by atoms with Crippen molar-refractivity contribution in [3.8, 4) is 5.75 Å². The van der Waals surface area contributed by atoms with Crippen molar-refractivity contribution in [3.05, 3.63) is 23.8 Å². The van der Waals surface area contributed by atoms with Crippen LogP contribution in [0.5, 0.6) is 5.75 Å². The number of alkyl halides is 3. The van der Waals surface area contributed by atoms with E-state index >= 15 is 0 Å². The summed E-state index contributed by atoms with van der Waals surface area (Å²) in [6, 6.07) is 4.23. The van der Waals surface area contributed by atoms with E-state index in [1.54, 1.807) is 13.0 Å². The van der Waals surface area contributed by atoms with E-state index in [0.717, 1.165) is 0 Å². The number of aryl methyl sites for hydroxylation is 1. The van der Waals surface area contributed by atoms with Gasteiger partial charge in [-0.1, -0.05) is 6.07 Å². The minimum Gasteiger partial charge on any atom is -0.495 e. The van der Waals surface area contributed by atoms with E-state index < -0.39 is 22.7 Å². The molecule has 1 aromatic rings. The molecule has 18 heavy (non-hydrogen) atoms. The summed E-state index contributed by atoms with van der Waals surface area (Å²) in [4.78, 5) is -0.311. The summed E-state index contributed by atoms with van der Waals surface area (Å²) in [7, 11) is -3.01. The van der Waals surface area contributed by atoms with Gasteiger partial charge in [-0.15, -0.1) is 0 Å². The molecule has 102 valence electrons. The van der Waals surface area contributed by atoms with Crippen LogP contribution in [0.1, 0.15) is 5.56 Å². The molecule has 0 bridgehead atoms. The van der Waals surface area contributed by atoms with Crippen LogP contribution < -0.4 is 9.46 Å². The largest absolute Gasteiger partial charge is 0.495 e. The molecule has 0 atom stereocenters. The number of halogens is 3. The highest BCUT2D eigenvalue weighted by atomic mass is 32.2. The second-order valence-electron chi connectivity index (χ2n) is 3.59. The van der Waals surface area contributed by atoms with Crippen LogP contribution in [0.15, 0.2) is 23.1 Å². The lowest BCUT2D eigenvalue weighted by Gasteiger charge is -2.12. The van der Waals surface area contributed by atoms with Crippen molar-refractivity contribution in [2.75, 3.05) is 13.7 Å². The van der Waals surface area contributed by atoms with E-state index in [1.807, 2.05) is 0 Å². The van der Waals surface area contributed by atoms with Gasteiger partial charge in [0, 0.05) is 0 Å². The van der Waals surface area contributed by atoms with E-state index in [2.05, 4.69) is 0 Å². The predicted molar refractivity (Wildman–Crippen MR) is 59.0 cm³/mol. The Kier molecular flexibility index (Phi) is 4.23. The van der Waals surface area contributed by atoms with Crippen LogP contribution in [0, 0.1) is 6.92 Å². The fourth-order valence-electron chi connectivity index (χ4n) is 1.25. The number of hydrogen-bond acceptors (Lipinski definition) is 3. The third kappa shape index (κ3) is 3.88. The van der Waals surface area contributed by atoms with Crippen molar-refractivity contribution in [2.24, 2.45) is 0 Å². The minimum absolute atomic E-state index is 0.00438. The van der Waals surface area contributed by atoms with Gasteiger partial charge in [0.2, 0.25) is 10.0 Å². The number of sulfonamides is 1. The van der Waals surface area contributed by atoms with Crippen LogP contribution in [0.2, 0.25) is 0 Å². The standard InChI is InChI=1S/C10H12F3NO3S/c1-7-3-4-8(17-2)9(5-7)18(15,16)14-6-10(11,12)13/h3-5,14H,6H2,1-2H3. The van der Waals surface area contributed by atoms with Gasteiger partial charge >= 0.3 is 6.18 Å². The van der Waals surface area contributed by atoms with Crippen molar-refractivity contribution < 1.29 is 26.3 Å². The zero-order valence-electron chi connectivity index (χ0n) is 9.71. The molecule has 0 amide bonds. The van der Waals surface area contributed by atoms with Crippen molar-refractivity contribution in [1.82, 2.24) is 4.72 Å². The van der Waals surface area contributed by atoms with Gasteiger partial charge in [-0.2, -0.15) is 13.2 Å². The lowest BCUT2D eigenvalue weighted by molar-refractivity contribution is -0.121. The minimum atomic E-state index is -4.61. The molecule has 0 heterocycles. The predicted octanol–water partition coefficient (Wildman–Crippen LogP) is 1.84. The van der Waals surface area contributed by atoms with E-state index in [1.165, 1.54) is 24.0 Å². The average molecular weight is 283 g/mol. The van der Waals surface area contributed by atoms with Gasteiger partial charge in [0.05, 0.1) is 7.11 Å². The Labute approximate surface area is 103 Å². The maximum absolute atomic E-state index is 12.0. The smallest absolute Gasteiger partial charge is 0.402 e. The summed E-state index contributed by atoms with van der Waals surface area (Å²) in [5.41, 5.74) is 0.600. The molecule has 0 saturated heterocycles. The van der Waals surface area contributed by atoms with Crippen molar-refractivity contribution >= 4 is 10.0 Å². The highest BCUT2D eigenvalue weighted by molar-refractivity contribution is 7.89. The van der Waals surface area contributed by atoms with Crippen LogP contribution in [-0.2, 0) is 10.0 Å². The molecule has 8 heteroatoms. The fourth-order valence-corrected chi connectivity index (χ4v) is 2.51. The lowest BCUT2D eigenvalue weighted by Crippen LogP contribution is -2.33. The van der Waals surface area contributed by atoms with Gasteiger partial charge in [-0.3, -0.25) is 0 Å². The number of hydrogen-bond donors (Lipinski definition) is 1. The van der Waals surface area contributed by atoms with Crippen LogP contribution >= 0.6 is 0 Å². The SMILES string of the molecule is COc1ccc(C)cc1S(=O)(=O)NCC(F)(F)F. The summed E-state index contributed by atoms with van der Waals surface area (Å²) < 4.78 is 65.8. The van der Waals surface area contributed by atoms with Gasteiger partial charge in [-0.05, 0) is 24.6 Å². The lowest BCUT2D eigenvalue weighted by atomic mass is 10.2. The Balaban J connectivity index is 3.08. The summed E-state index contributed by atoms with van der Waals surface area (Å²) >= 11 is 0. The number of ether oxygens (including phenoxy) is 1. The first-order valence-corrected chi connectivity index (χ1v) is 6.35. The van der Waals surface area contributed by atoms with Crippen LogP contribution in [-0.4, -0.2) is 28.2 Å². The maximum Gasteiger partial charge on any atom is 0.402 e. The zero-order valence-corrected chi connectivity index (χ0v) is 10.5. The monoisotopic (exact) mass is 283 g/mol. The van der Waals surface area contributed by atoms with Crippen LogP contribution in [0.3, 0.4) is 0 Å². The van der Waals surface area contributed by atoms with Crippen LogP contribution in [0.25, 0.3) is 0 Å². The number of nitrogens with one attached hydrogen (secondary N) is 1. The Hall–Kier alpha value is -1.28. The molecular weight excluding hydrogens is 271 g/mol. The van der Waals surface area contributed by atoms with E-state index in [0.29, 0.717) is 5.56 Å². The highest BCUT2D eigenvalue weighted by Crippen LogP contribution is 2.25. The first-order valence-electron chi connectivity index (χ1n) is 4.87. The Morgan fingerprint density at radius 1 is 1.33 bits per heavy atom. The zero-order chi connectivity index (χ0) is 14.0. The Bertz CT molecular complexity index is 526. The van der Waals surface area contributed by atoms with Crippen molar-refractivity contribution in [2.45, 2.75) is 18.0 Å². The van der Waals surface area contributed by atoms with E-state index in [4.69, 9.17) is 4.74 Å². The first kappa shape index (κ1) is 14.8. The van der Waals surface area contributed by atoms with Crippen molar-refractivity contribution in [1.29, 1.82) is 0 Å². The number of benzene rings is 1. The maximum atomic E-state index is 12.0. The highest BCUT2D eigenvalue weighted by Gasteiger charge is 2.31. The van der Waals surface area contributed by atoms with E-state index in [-0.39, 0.29) is 10.6 Å². The van der Waals surface area contributed by atoms with Gasteiger partial charge < -0.3 is 4.74 Å². The van der Waals surface area contributed by atoms with Crippen molar-refractivity contribution in [3.63, 3.8) is 0 Å². The molecule has 0 spiro atoms. The molecule has 0 aliphatic rings. The number of rotatable bonds is 4. The summed E-state index contributed by atoms with van der Waals surface area (Å²) in [6.07, 6.45) is -4.61. The second kappa shape index (κ2) is 5.15. The molecule has 0 aliphatic carbocycles. The summed E-state index contributed by atoms with van der Waals surface area (Å²) in [5.74, 6) is -0.00438. The Morgan fingerprint density at radius 2 is 1.94 bits per heavy atom. The summed E-state index contributed by atoms with van der Waals surface area (Å²) in [5, 5.41) is 0. The van der Waals surface area contributed by atoms with E-state index in [9.17, 15) is 21.6 Å². The molecule has 0 saturated carbocycles. The molecule has 1 rings (SSSR count). The molecule has 0 radical (unpaired) electrons. The molecule has 1 aromatic carbocycles. The molecule has 0 fully saturated rings. The second-order valence-corrected chi connectivity index (χ2v) is 5.33. The average Bonchev–Trinajstić information content (AvgIpc) is 2.26. The topological polar surface area (TPSA) is 55.4 Å². The quantitative estimate of drug-likeness (QED) is 0.917. The third-order valence-corrected chi connectivity index (χ3v) is 3.49. The number of methoxy groups -OCH3 is 1. The first-order chi connectivity index (χ1) is 8.15. The van der Waals surface area contributed by atoms with Gasteiger partial charge in [0.25, 0.3) is 0 Å². The normalized spacial score (nSPS) is 12.5. The fraction of sp³-hybridized carbons (Fsp3) is 0.400. The molecule has 4 nitrogen and oxygen atoms in total. The van der Waals surface area contributed by atoms with Gasteiger partial charge in [0.15, 0.2) is 0 Å². The third-order valence-electron chi connectivity index (χ3n) is 2.07. The molecule has 0 unspecified atom stereocenters. The van der Waals surface area contributed by atoms with Crippen LogP contribution in [0.4, 0.5) is 13.2 Å². The molecule has 1 N–H and O–H groups in total. The molecule has 0 aromatic heterocycles.